The Kier molecular flexibility index (Phi) is 9.70. The zero-order valence-electron chi connectivity index (χ0n) is 27.9. The van der Waals surface area contributed by atoms with Crippen molar-refractivity contribution >= 4 is 52.3 Å². The van der Waals surface area contributed by atoms with Crippen molar-refractivity contribution in [3.05, 3.63) is 156 Å². The van der Waals surface area contributed by atoms with Crippen LogP contribution in [0.4, 0.5) is 17.1 Å². The Bertz CT molecular complexity index is 2160. The molecule has 0 radical (unpaired) electrons. The molecule has 1 aliphatic heterocycles. The molecular formula is C42H38IrN3OSi. The average molecular weight is 821 g/mol. The number of pyridine rings is 1. The Hall–Kier alpha value is -4.48. The van der Waals surface area contributed by atoms with E-state index in [9.17, 15) is 0 Å². The predicted molar refractivity (Wildman–Crippen MR) is 199 cm³/mol. The van der Waals surface area contributed by atoms with Crippen LogP contribution >= 0.6 is 0 Å². The SMILES string of the molecule is CC(C)c1cc(-c2[c-]cccc2)ncc1[Si](C)(C)C.[Ir+3].[c-]1cc2c(cc1C1[N-]c3ccccc3N1c1ccccc1)oc1ccccc12. The number of furan rings is 1. The Balaban J connectivity index is 0.000000177. The zero-order chi connectivity index (χ0) is 32.5. The quantitative estimate of drug-likeness (QED) is 0.128. The number of para-hydroxylation sites is 4. The van der Waals surface area contributed by atoms with Crippen molar-refractivity contribution in [2.75, 3.05) is 4.90 Å². The molecule has 3 heterocycles. The van der Waals surface area contributed by atoms with E-state index in [1.54, 1.807) is 0 Å². The standard InChI is InChI=1S/C25H16N2O.C17H22NSi.Ir/c1-2-8-18(9-3-1)27-22-12-6-5-11-21(22)26-25(27)17-14-15-20-19-10-4-7-13-23(19)28-24(20)16-17;1-13(2)15-11-16(14-9-7-6-8-10-14)18-12-17(15)19(3,4)5;/h1-13,15-16,25H;6-9,11-13H,1-5H3;/q-2;-1;+3. The van der Waals surface area contributed by atoms with Crippen LogP contribution < -0.4 is 10.1 Å². The summed E-state index contributed by atoms with van der Waals surface area (Å²) in [4.78, 5) is 6.92. The summed E-state index contributed by atoms with van der Waals surface area (Å²) in [5.41, 5.74) is 9.53. The van der Waals surface area contributed by atoms with E-state index in [1.807, 2.05) is 54.6 Å². The van der Waals surface area contributed by atoms with Crippen LogP contribution in [0.3, 0.4) is 0 Å². The molecule has 0 saturated carbocycles. The normalized spacial score (nSPS) is 13.9. The Morgan fingerprint density at radius 2 is 1.52 bits per heavy atom. The number of fused-ring (bicyclic) bond motifs is 4. The first-order chi connectivity index (χ1) is 22.8. The second kappa shape index (κ2) is 13.9. The molecule has 6 heteroatoms. The molecule has 0 fully saturated rings. The van der Waals surface area contributed by atoms with E-state index in [4.69, 9.17) is 9.73 Å². The number of hydrogen-bond donors (Lipinski definition) is 0. The third-order valence-corrected chi connectivity index (χ3v) is 10.7. The van der Waals surface area contributed by atoms with Gasteiger partial charge in [0.2, 0.25) is 0 Å². The molecule has 5 aromatic carbocycles. The Morgan fingerprint density at radius 3 is 2.27 bits per heavy atom. The summed E-state index contributed by atoms with van der Waals surface area (Å²) in [5, 5.41) is 8.67. The van der Waals surface area contributed by atoms with Crippen molar-refractivity contribution in [1.82, 2.24) is 4.98 Å². The maximum atomic E-state index is 6.09. The fourth-order valence-corrected chi connectivity index (χ4v) is 7.96. The van der Waals surface area contributed by atoms with E-state index < -0.39 is 8.07 Å². The molecule has 4 nitrogen and oxygen atoms in total. The van der Waals surface area contributed by atoms with Gasteiger partial charge in [0.25, 0.3) is 0 Å². The predicted octanol–water partition coefficient (Wildman–Crippen LogP) is 11.5. The first kappa shape index (κ1) is 33.4. The first-order valence-corrected chi connectivity index (χ1v) is 19.7. The topological polar surface area (TPSA) is 43.4 Å². The van der Waals surface area contributed by atoms with Crippen LogP contribution in [0.15, 0.2) is 132 Å². The molecule has 0 aliphatic carbocycles. The van der Waals surface area contributed by atoms with Crippen LogP contribution in [-0.4, -0.2) is 13.1 Å². The van der Waals surface area contributed by atoms with Crippen LogP contribution in [0.2, 0.25) is 19.6 Å². The number of benzene rings is 5. The summed E-state index contributed by atoms with van der Waals surface area (Å²) >= 11 is 0. The van der Waals surface area contributed by atoms with Crippen LogP contribution in [-0.2, 0) is 20.1 Å². The fraction of sp³-hybridized carbons (Fsp3) is 0.167. The summed E-state index contributed by atoms with van der Waals surface area (Å²) in [6, 6.07) is 47.9. The summed E-state index contributed by atoms with van der Waals surface area (Å²) in [6.07, 6.45) is 1.93. The van der Waals surface area contributed by atoms with E-state index in [2.05, 4.69) is 128 Å². The van der Waals surface area contributed by atoms with Gasteiger partial charge >= 0.3 is 20.1 Å². The van der Waals surface area contributed by atoms with Crippen molar-refractivity contribution in [3.63, 3.8) is 0 Å². The van der Waals surface area contributed by atoms with Crippen molar-refractivity contribution < 1.29 is 24.5 Å². The zero-order valence-corrected chi connectivity index (χ0v) is 31.3. The minimum atomic E-state index is -1.34. The van der Waals surface area contributed by atoms with Crippen molar-refractivity contribution in [3.8, 4) is 11.3 Å². The van der Waals surface area contributed by atoms with Gasteiger partial charge in [0.05, 0.1) is 8.07 Å². The molecule has 1 unspecified atom stereocenters. The van der Waals surface area contributed by atoms with E-state index in [0.29, 0.717) is 5.92 Å². The van der Waals surface area contributed by atoms with Gasteiger partial charge in [-0.3, -0.25) is 0 Å². The molecule has 1 atom stereocenters. The third-order valence-electron chi connectivity index (χ3n) is 8.64. The van der Waals surface area contributed by atoms with Crippen molar-refractivity contribution in [2.45, 2.75) is 45.6 Å². The number of aromatic nitrogens is 1. The molecule has 0 spiro atoms. The molecule has 0 N–H and O–H groups in total. The van der Waals surface area contributed by atoms with Crippen molar-refractivity contribution in [2.24, 2.45) is 0 Å². The molecule has 1 aliphatic rings. The molecule has 0 bridgehead atoms. The third kappa shape index (κ3) is 6.61. The Labute approximate surface area is 298 Å². The molecule has 240 valence electrons. The average Bonchev–Trinajstić information content (AvgIpc) is 3.67. The smallest absolute Gasteiger partial charge is 0.661 e. The second-order valence-electron chi connectivity index (χ2n) is 13.3. The van der Waals surface area contributed by atoms with Gasteiger partial charge in [-0.1, -0.05) is 105 Å². The van der Waals surface area contributed by atoms with Gasteiger partial charge in [0.1, 0.15) is 5.58 Å². The first-order valence-electron chi connectivity index (χ1n) is 16.2. The number of nitrogens with zero attached hydrogens (tertiary/aromatic N) is 3. The second-order valence-corrected chi connectivity index (χ2v) is 18.3. The van der Waals surface area contributed by atoms with E-state index in [1.165, 1.54) is 10.8 Å². The van der Waals surface area contributed by atoms with Gasteiger partial charge in [-0.2, -0.15) is 17.7 Å². The minimum Gasteiger partial charge on any atom is -0.661 e. The van der Waals surface area contributed by atoms with Gasteiger partial charge < -0.3 is 19.6 Å². The summed E-state index contributed by atoms with van der Waals surface area (Å²) in [7, 11) is -1.34. The number of rotatable bonds is 5. The minimum absolute atomic E-state index is 0. The summed E-state index contributed by atoms with van der Waals surface area (Å²) in [6.45, 7) is 11.7. The summed E-state index contributed by atoms with van der Waals surface area (Å²) in [5.74, 6) is 0.534. The maximum Gasteiger partial charge on any atom is 3.00 e. The maximum absolute atomic E-state index is 6.09. The van der Waals surface area contributed by atoms with Crippen LogP contribution in [0.1, 0.15) is 37.1 Å². The molecule has 2 aromatic heterocycles. The largest absolute Gasteiger partial charge is 3.00 e. The van der Waals surface area contributed by atoms with Crippen LogP contribution in [0.25, 0.3) is 38.5 Å². The Morgan fingerprint density at radius 1 is 0.792 bits per heavy atom. The number of hydrogen-bond acceptors (Lipinski definition) is 3. The fourth-order valence-electron chi connectivity index (χ4n) is 6.28. The van der Waals surface area contributed by atoms with E-state index in [-0.39, 0.29) is 26.3 Å². The van der Waals surface area contributed by atoms with E-state index in [0.717, 1.165) is 55.8 Å². The molecule has 48 heavy (non-hydrogen) atoms. The molecular weight excluding hydrogens is 783 g/mol. The summed E-state index contributed by atoms with van der Waals surface area (Å²) < 4.78 is 6.09. The molecule has 0 saturated heterocycles. The van der Waals surface area contributed by atoms with Gasteiger partial charge in [-0.15, -0.1) is 47.6 Å². The van der Waals surface area contributed by atoms with Gasteiger partial charge in [0, 0.05) is 23.2 Å². The molecule has 7 aromatic rings. The van der Waals surface area contributed by atoms with Gasteiger partial charge in [0.15, 0.2) is 0 Å². The number of anilines is 2. The van der Waals surface area contributed by atoms with Crippen LogP contribution in [0.5, 0.6) is 0 Å². The molecule has 0 amide bonds. The van der Waals surface area contributed by atoms with Gasteiger partial charge in [-0.05, 0) is 52.6 Å². The van der Waals surface area contributed by atoms with Gasteiger partial charge in [-0.25, -0.2) is 0 Å². The molecule has 8 rings (SSSR count). The van der Waals surface area contributed by atoms with Crippen molar-refractivity contribution in [1.29, 1.82) is 0 Å². The van der Waals surface area contributed by atoms with Crippen LogP contribution in [0, 0.1) is 12.1 Å². The van der Waals surface area contributed by atoms with E-state index >= 15 is 0 Å². The monoisotopic (exact) mass is 821 g/mol.